The quantitative estimate of drug-likeness (QED) is 0.683. The highest BCUT2D eigenvalue weighted by Gasteiger charge is 2.16. The smallest absolute Gasteiger partial charge is 0.347 e. The number of carboxylic acids is 1. The van der Waals surface area contributed by atoms with E-state index < -0.39 is 10.9 Å². The van der Waals surface area contributed by atoms with Crippen molar-refractivity contribution in [3.63, 3.8) is 0 Å². The molecule has 0 amide bonds. The zero-order valence-electron chi connectivity index (χ0n) is 10.5. The third-order valence-electron chi connectivity index (χ3n) is 2.42. The lowest BCUT2D eigenvalue weighted by Gasteiger charge is -1.99. The van der Waals surface area contributed by atoms with Crippen molar-refractivity contribution in [1.29, 1.82) is 0 Å². The van der Waals surface area contributed by atoms with E-state index in [4.69, 9.17) is 5.11 Å². The van der Waals surface area contributed by atoms with Crippen molar-refractivity contribution in [3.05, 3.63) is 38.5 Å². The summed E-state index contributed by atoms with van der Waals surface area (Å²) in [5.74, 6) is -1.01. The second-order valence-corrected chi connectivity index (χ2v) is 6.13. The Morgan fingerprint density at radius 3 is 2.70 bits per heavy atom. The first-order chi connectivity index (χ1) is 9.38. The summed E-state index contributed by atoms with van der Waals surface area (Å²) in [5, 5.41) is 20.2. The van der Waals surface area contributed by atoms with Crippen molar-refractivity contribution in [1.82, 2.24) is 9.97 Å². The first kappa shape index (κ1) is 14.4. The van der Waals surface area contributed by atoms with Crippen molar-refractivity contribution in [2.45, 2.75) is 23.2 Å². The Labute approximate surface area is 121 Å². The minimum Gasteiger partial charge on any atom is -0.477 e. The lowest BCUT2D eigenvalue weighted by Crippen LogP contribution is -1.94. The molecule has 0 spiro atoms. The third kappa shape index (κ3) is 2.94. The van der Waals surface area contributed by atoms with Gasteiger partial charge in [0.1, 0.15) is 16.1 Å². The summed E-state index contributed by atoms with van der Waals surface area (Å²) in [6.45, 7) is 3.25. The van der Waals surface area contributed by atoms with Gasteiger partial charge in [0.05, 0.1) is 10.6 Å². The second kappa shape index (κ2) is 5.55. The molecule has 9 heteroatoms. The molecule has 1 N–H and O–H groups in total. The van der Waals surface area contributed by atoms with Gasteiger partial charge in [-0.1, -0.05) is 11.3 Å². The molecule has 0 aliphatic heterocycles. The predicted octanol–water partition coefficient (Wildman–Crippen LogP) is 2.91. The van der Waals surface area contributed by atoms with Crippen LogP contribution in [0, 0.1) is 24.0 Å². The van der Waals surface area contributed by atoms with Gasteiger partial charge < -0.3 is 5.11 Å². The van der Waals surface area contributed by atoms with Crippen LogP contribution in [0.5, 0.6) is 0 Å². The molecule has 2 aromatic heterocycles. The number of aromatic nitrogens is 2. The summed E-state index contributed by atoms with van der Waals surface area (Å²) >= 11 is 2.24. The minimum atomic E-state index is -1.01. The van der Waals surface area contributed by atoms with Gasteiger partial charge in [-0.25, -0.2) is 14.8 Å². The molecule has 2 aromatic rings. The maximum atomic E-state index is 10.9. The van der Waals surface area contributed by atoms with Crippen LogP contribution in [-0.4, -0.2) is 26.0 Å². The molecule has 104 valence electrons. The van der Waals surface area contributed by atoms with Crippen LogP contribution in [0.4, 0.5) is 5.69 Å². The summed E-state index contributed by atoms with van der Waals surface area (Å²) in [4.78, 5) is 29.4. The van der Waals surface area contributed by atoms with E-state index in [-0.39, 0.29) is 10.6 Å². The number of carboxylic acid groups (broad SMARTS) is 1. The second-order valence-electron chi connectivity index (χ2n) is 3.87. The Morgan fingerprint density at radius 2 is 2.20 bits per heavy atom. The van der Waals surface area contributed by atoms with Gasteiger partial charge in [-0.05, 0) is 31.7 Å². The van der Waals surface area contributed by atoms with Crippen LogP contribution in [0.25, 0.3) is 0 Å². The van der Waals surface area contributed by atoms with E-state index in [2.05, 4.69) is 9.97 Å². The zero-order chi connectivity index (χ0) is 14.9. The molecule has 0 aliphatic rings. The molecule has 0 aliphatic carbocycles. The standard InChI is InChI=1S/C11H9N3O4S2/c1-5-3-8(12-4-7(5)14(17)18)19-11-13-6(2)9(20-11)10(15)16/h3-4H,1-2H3,(H,15,16). The van der Waals surface area contributed by atoms with E-state index in [9.17, 15) is 14.9 Å². The Bertz CT molecular complexity index is 699. The SMILES string of the molecule is Cc1cc(Sc2nc(C)c(C(=O)O)s2)ncc1[N+](=O)[O-]. The topological polar surface area (TPSA) is 106 Å². The summed E-state index contributed by atoms with van der Waals surface area (Å²) in [5.41, 5.74) is 0.902. The van der Waals surface area contributed by atoms with Crippen molar-refractivity contribution in [3.8, 4) is 0 Å². The fraction of sp³-hybridized carbons (Fsp3) is 0.182. The average molecular weight is 311 g/mol. The van der Waals surface area contributed by atoms with Crippen LogP contribution in [-0.2, 0) is 0 Å². The van der Waals surface area contributed by atoms with Crippen LogP contribution in [0.2, 0.25) is 0 Å². The number of aryl methyl sites for hydroxylation is 2. The number of hydrogen-bond acceptors (Lipinski definition) is 7. The van der Waals surface area contributed by atoms with Crippen LogP contribution >= 0.6 is 23.1 Å². The lowest BCUT2D eigenvalue weighted by atomic mass is 10.3. The Balaban J connectivity index is 2.26. The number of carbonyl (C=O) groups is 1. The van der Waals surface area contributed by atoms with Crippen molar-refractivity contribution < 1.29 is 14.8 Å². The molecule has 0 unspecified atom stereocenters. The van der Waals surface area contributed by atoms with E-state index in [1.54, 1.807) is 19.9 Å². The number of thiazole rings is 1. The largest absolute Gasteiger partial charge is 0.477 e. The van der Waals surface area contributed by atoms with E-state index in [0.717, 1.165) is 11.3 Å². The molecule has 0 radical (unpaired) electrons. The number of nitrogens with zero attached hydrogens (tertiary/aromatic N) is 3. The Hall–Kier alpha value is -2.00. The summed E-state index contributed by atoms with van der Waals surface area (Å²) < 4.78 is 0.542. The molecule has 0 saturated carbocycles. The van der Waals surface area contributed by atoms with Gasteiger partial charge in [0, 0.05) is 5.56 Å². The normalized spacial score (nSPS) is 10.5. The molecule has 0 saturated heterocycles. The summed E-state index contributed by atoms with van der Waals surface area (Å²) in [6, 6.07) is 1.58. The maximum Gasteiger partial charge on any atom is 0.347 e. The maximum absolute atomic E-state index is 10.9. The van der Waals surface area contributed by atoms with E-state index >= 15 is 0 Å². The average Bonchev–Trinajstić information content (AvgIpc) is 2.70. The molecule has 0 bridgehead atoms. The van der Waals surface area contributed by atoms with Gasteiger partial charge in [0.2, 0.25) is 0 Å². The van der Waals surface area contributed by atoms with Crippen LogP contribution < -0.4 is 0 Å². The Kier molecular flexibility index (Phi) is 4.00. The highest BCUT2D eigenvalue weighted by molar-refractivity contribution is 8.01. The summed E-state index contributed by atoms with van der Waals surface area (Å²) in [6.07, 6.45) is 1.19. The molecule has 2 rings (SSSR count). The lowest BCUT2D eigenvalue weighted by molar-refractivity contribution is -0.385. The summed E-state index contributed by atoms with van der Waals surface area (Å²) in [7, 11) is 0. The fourth-order valence-corrected chi connectivity index (χ4v) is 3.49. The van der Waals surface area contributed by atoms with Gasteiger partial charge in [-0.3, -0.25) is 10.1 Å². The van der Waals surface area contributed by atoms with E-state index in [1.165, 1.54) is 18.0 Å². The number of rotatable bonds is 4. The monoisotopic (exact) mass is 311 g/mol. The number of nitro groups is 1. The molecule has 0 fully saturated rings. The van der Waals surface area contributed by atoms with E-state index in [0.29, 0.717) is 20.6 Å². The van der Waals surface area contributed by atoms with Crippen molar-refractivity contribution in [2.24, 2.45) is 0 Å². The van der Waals surface area contributed by atoms with Gasteiger partial charge >= 0.3 is 5.97 Å². The first-order valence-corrected chi connectivity index (χ1v) is 7.01. The zero-order valence-corrected chi connectivity index (χ0v) is 12.1. The number of pyridine rings is 1. The Morgan fingerprint density at radius 1 is 1.50 bits per heavy atom. The molecular weight excluding hydrogens is 302 g/mol. The third-order valence-corrected chi connectivity index (χ3v) is 4.56. The molecule has 0 aromatic carbocycles. The van der Waals surface area contributed by atoms with Gasteiger partial charge in [0.25, 0.3) is 5.69 Å². The minimum absolute atomic E-state index is 0.0455. The fourth-order valence-electron chi connectivity index (χ4n) is 1.47. The van der Waals surface area contributed by atoms with Crippen LogP contribution in [0.3, 0.4) is 0 Å². The van der Waals surface area contributed by atoms with Crippen LogP contribution in [0.1, 0.15) is 20.9 Å². The highest BCUT2D eigenvalue weighted by atomic mass is 32.2. The van der Waals surface area contributed by atoms with E-state index in [1.807, 2.05) is 0 Å². The van der Waals surface area contributed by atoms with Crippen molar-refractivity contribution >= 4 is 34.8 Å². The van der Waals surface area contributed by atoms with Gasteiger partial charge in [-0.15, -0.1) is 0 Å². The first-order valence-electron chi connectivity index (χ1n) is 5.38. The van der Waals surface area contributed by atoms with Crippen molar-refractivity contribution in [2.75, 3.05) is 0 Å². The van der Waals surface area contributed by atoms with Gasteiger partial charge in [-0.2, -0.15) is 0 Å². The molecule has 7 nitrogen and oxygen atoms in total. The van der Waals surface area contributed by atoms with Gasteiger partial charge in [0.15, 0.2) is 4.34 Å². The predicted molar refractivity (Wildman–Crippen MR) is 73.6 cm³/mol. The molecule has 2 heterocycles. The highest BCUT2D eigenvalue weighted by Crippen LogP contribution is 2.33. The number of aromatic carboxylic acids is 1. The van der Waals surface area contributed by atoms with Crippen LogP contribution in [0.15, 0.2) is 21.6 Å². The number of hydrogen-bond donors (Lipinski definition) is 1. The molecular formula is C11H9N3O4S2. The molecule has 20 heavy (non-hydrogen) atoms. The molecule has 0 atom stereocenters.